The summed E-state index contributed by atoms with van der Waals surface area (Å²) in [6, 6.07) is 3.01. The van der Waals surface area contributed by atoms with Gasteiger partial charge in [-0.25, -0.2) is 4.79 Å². The lowest BCUT2D eigenvalue weighted by Gasteiger charge is -2.09. The molecule has 2 rings (SSSR count). The molecule has 7 nitrogen and oxygen atoms in total. The summed E-state index contributed by atoms with van der Waals surface area (Å²) in [6.45, 7) is 2.53. The molecule has 0 spiro atoms. The molecule has 2 N–H and O–H groups in total. The normalized spacial score (nSPS) is 12.5. The van der Waals surface area contributed by atoms with Gasteiger partial charge in [-0.2, -0.15) is 4.98 Å². The molecule has 0 bridgehead atoms. The van der Waals surface area contributed by atoms with E-state index < -0.39 is 5.97 Å². The molecule has 7 heteroatoms. The number of nitrogens with one attached hydrogen (secondary N) is 1. The minimum Gasteiger partial charge on any atom is -0.475 e. The predicted molar refractivity (Wildman–Crippen MR) is 60.1 cm³/mol. The molecule has 1 unspecified atom stereocenters. The molecule has 2 aromatic rings. The third-order valence-electron chi connectivity index (χ3n) is 2.47. The van der Waals surface area contributed by atoms with Crippen molar-refractivity contribution in [1.29, 1.82) is 0 Å². The van der Waals surface area contributed by atoms with E-state index in [0.717, 1.165) is 0 Å². The van der Waals surface area contributed by atoms with Crippen molar-refractivity contribution in [3.05, 3.63) is 35.9 Å². The summed E-state index contributed by atoms with van der Waals surface area (Å²) in [7, 11) is 0. The first-order valence-corrected chi connectivity index (χ1v) is 5.48. The Labute approximate surface area is 103 Å². The lowest BCUT2D eigenvalue weighted by Crippen LogP contribution is -2.21. The molecule has 2 aromatic heterocycles. The fourth-order valence-electron chi connectivity index (χ4n) is 1.50. The van der Waals surface area contributed by atoms with Gasteiger partial charge in [0.05, 0.1) is 6.04 Å². The van der Waals surface area contributed by atoms with Gasteiger partial charge in [0.15, 0.2) is 5.82 Å². The number of carbonyl (C=O) groups is 1. The fraction of sp³-hybridized carbons (Fsp3) is 0.364. The first-order valence-electron chi connectivity index (χ1n) is 5.48. The number of hydrogen-bond acceptors (Lipinski definition) is 6. The van der Waals surface area contributed by atoms with E-state index in [1.807, 2.05) is 6.92 Å². The minimum absolute atomic E-state index is 0.0585. The molecule has 0 fully saturated rings. The minimum atomic E-state index is -1.07. The van der Waals surface area contributed by atoms with E-state index >= 15 is 0 Å². The van der Waals surface area contributed by atoms with Crippen molar-refractivity contribution in [3.8, 4) is 0 Å². The Kier molecular flexibility index (Phi) is 3.73. The van der Waals surface area contributed by atoms with Gasteiger partial charge >= 0.3 is 5.97 Å². The Morgan fingerprint density at radius 2 is 2.39 bits per heavy atom. The van der Waals surface area contributed by atoms with Crippen molar-refractivity contribution >= 4 is 5.97 Å². The van der Waals surface area contributed by atoms with Crippen molar-refractivity contribution in [2.75, 3.05) is 6.54 Å². The van der Waals surface area contributed by atoms with E-state index in [9.17, 15) is 4.79 Å². The van der Waals surface area contributed by atoms with Crippen LogP contribution >= 0.6 is 0 Å². The third kappa shape index (κ3) is 2.95. The third-order valence-corrected chi connectivity index (χ3v) is 2.47. The molecule has 0 aromatic carbocycles. The van der Waals surface area contributed by atoms with Crippen molar-refractivity contribution in [1.82, 2.24) is 15.5 Å². The van der Waals surface area contributed by atoms with Crippen LogP contribution in [0.1, 0.15) is 35.1 Å². The maximum absolute atomic E-state index is 10.7. The number of aromatic carboxylic acids is 1. The molecule has 96 valence electrons. The van der Waals surface area contributed by atoms with Crippen LogP contribution in [0.25, 0.3) is 0 Å². The first-order chi connectivity index (χ1) is 8.66. The Bertz CT molecular complexity index is 506. The zero-order chi connectivity index (χ0) is 13.0. The van der Waals surface area contributed by atoms with Crippen LogP contribution in [-0.2, 0) is 6.42 Å². The van der Waals surface area contributed by atoms with Gasteiger partial charge in [0, 0.05) is 13.0 Å². The summed E-state index contributed by atoms with van der Waals surface area (Å²) in [6.07, 6.45) is 1.91. The Morgan fingerprint density at radius 3 is 3.00 bits per heavy atom. The number of nitrogens with zero attached hydrogens (tertiary/aromatic N) is 2. The van der Waals surface area contributed by atoms with Gasteiger partial charge in [0.2, 0.25) is 12.2 Å². The van der Waals surface area contributed by atoms with Crippen LogP contribution in [0.2, 0.25) is 0 Å². The second-order valence-corrected chi connectivity index (χ2v) is 3.78. The molecular weight excluding hydrogens is 238 g/mol. The van der Waals surface area contributed by atoms with Gasteiger partial charge in [-0.15, -0.1) is 0 Å². The van der Waals surface area contributed by atoms with Crippen LogP contribution in [0, 0.1) is 0 Å². The second-order valence-electron chi connectivity index (χ2n) is 3.78. The van der Waals surface area contributed by atoms with Crippen LogP contribution < -0.4 is 5.32 Å². The lowest BCUT2D eigenvalue weighted by atomic mass is 10.2. The molecule has 18 heavy (non-hydrogen) atoms. The molecule has 0 aliphatic rings. The maximum atomic E-state index is 10.7. The number of carboxylic acid groups (broad SMARTS) is 1. The highest BCUT2D eigenvalue weighted by Crippen LogP contribution is 2.16. The molecule has 0 aliphatic heterocycles. The van der Waals surface area contributed by atoms with Gasteiger partial charge in [-0.1, -0.05) is 5.16 Å². The van der Waals surface area contributed by atoms with E-state index in [4.69, 9.17) is 9.52 Å². The van der Waals surface area contributed by atoms with Crippen LogP contribution in [0.15, 0.2) is 27.5 Å². The van der Waals surface area contributed by atoms with Gasteiger partial charge in [-0.3, -0.25) is 0 Å². The summed E-state index contributed by atoms with van der Waals surface area (Å²) in [4.78, 5) is 14.6. The summed E-state index contributed by atoms with van der Waals surface area (Å²) in [5.41, 5.74) is 0. The standard InChI is InChI=1S/C11H13N3O4/c1-7(8-2-3-9(18-8)11(15)16)12-5-4-10-13-6-17-14-10/h2-3,6-7,12H,4-5H2,1H3,(H,15,16). The summed E-state index contributed by atoms with van der Waals surface area (Å²) in [5, 5.41) is 15.6. The monoisotopic (exact) mass is 251 g/mol. The molecule has 1 atom stereocenters. The smallest absolute Gasteiger partial charge is 0.371 e. The number of aromatic nitrogens is 2. The molecule has 0 saturated carbocycles. The molecule has 0 amide bonds. The van der Waals surface area contributed by atoms with Crippen molar-refractivity contribution in [3.63, 3.8) is 0 Å². The number of carboxylic acids is 1. The van der Waals surface area contributed by atoms with Gasteiger partial charge < -0.3 is 19.4 Å². The average Bonchev–Trinajstić information content (AvgIpc) is 2.99. The number of rotatable bonds is 6. The molecule has 0 saturated heterocycles. The van der Waals surface area contributed by atoms with E-state index in [0.29, 0.717) is 24.6 Å². The van der Waals surface area contributed by atoms with Crippen LogP contribution in [0.4, 0.5) is 0 Å². The fourth-order valence-corrected chi connectivity index (χ4v) is 1.50. The maximum Gasteiger partial charge on any atom is 0.371 e. The summed E-state index contributed by atoms with van der Waals surface area (Å²) < 4.78 is 9.80. The van der Waals surface area contributed by atoms with Crippen LogP contribution in [0.5, 0.6) is 0 Å². The van der Waals surface area contributed by atoms with Gasteiger partial charge in [0.25, 0.3) is 0 Å². The number of furan rings is 1. The molecule has 0 aliphatic carbocycles. The van der Waals surface area contributed by atoms with Crippen LogP contribution in [-0.4, -0.2) is 27.8 Å². The average molecular weight is 251 g/mol. The SMILES string of the molecule is CC(NCCc1ncon1)c1ccc(C(=O)O)o1. The lowest BCUT2D eigenvalue weighted by molar-refractivity contribution is 0.0659. The van der Waals surface area contributed by atoms with E-state index in [-0.39, 0.29) is 11.8 Å². The van der Waals surface area contributed by atoms with Crippen molar-refractivity contribution in [2.24, 2.45) is 0 Å². The summed E-state index contributed by atoms with van der Waals surface area (Å²) >= 11 is 0. The molecule has 2 heterocycles. The quantitative estimate of drug-likeness (QED) is 0.796. The summed E-state index contributed by atoms with van der Waals surface area (Å²) in [5.74, 6) is 0.0814. The molecular formula is C11H13N3O4. The Morgan fingerprint density at radius 1 is 1.56 bits per heavy atom. The van der Waals surface area contributed by atoms with Gasteiger partial charge in [0.1, 0.15) is 5.76 Å². The second kappa shape index (κ2) is 5.46. The van der Waals surface area contributed by atoms with E-state index in [2.05, 4.69) is 20.0 Å². The highest BCUT2D eigenvalue weighted by atomic mass is 16.5. The van der Waals surface area contributed by atoms with Crippen molar-refractivity contribution in [2.45, 2.75) is 19.4 Å². The predicted octanol–water partition coefficient (Wildman–Crippen LogP) is 1.25. The Balaban J connectivity index is 1.83. The topological polar surface area (TPSA) is 101 Å². The first kappa shape index (κ1) is 12.3. The molecule has 0 radical (unpaired) electrons. The van der Waals surface area contributed by atoms with E-state index in [1.54, 1.807) is 6.07 Å². The van der Waals surface area contributed by atoms with Crippen molar-refractivity contribution < 1.29 is 18.8 Å². The highest BCUT2D eigenvalue weighted by Gasteiger charge is 2.13. The van der Waals surface area contributed by atoms with Gasteiger partial charge in [-0.05, 0) is 19.1 Å². The zero-order valence-corrected chi connectivity index (χ0v) is 9.79. The largest absolute Gasteiger partial charge is 0.475 e. The highest BCUT2D eigenvalue weighted by molar-refractivity contribution is 5.84. The number of hydrogen-bond donors (Lipinski definition) is 2. The zero-order valence-electron chi connectivity index (χ0n) is 9.79. The Hall–Kier alpha value is -2.15. The van der Waals surface area contributed by atoms with Crippen LogP contribution in [0.3, 0.4) is 0 Å². The van der Waals surface area contributed by atoms with E-state index in [1.165, 1.54) is 12.5 Å².